The van der Waals surface area contributed by atoms with Gasteiger partial charge in [0.1, 0.15) is 6.61 Å². The summed E-state index contributed by atoms with van der Waals surface area (Å²) in [5.41, 5.74) is 1.31. The second-order valence-electron chi connectivity index (χ2n) is 5.76. The lowest BCUT2D eigenvalue weighted by molar-refractivity contribution is -0.385. The van der Waals surface area contributed by atoms with E-state index in [0.717, 1.165) is 5.56 Å². The van der Waals surface area contributed by atoms with E-state index >= 15 is 0 Å². The minimum atomic E-state index is -0.601. The molecule has 8 heteroatoms. The minimum absolute atomic E-state index is 0.0862. The van der Waals surface area contributed by atoms with E-state index in [4.69, 9.17) is 9.47 Å². The Balaban J connectivity index is 1.64. The molecule has 0 unspecified atom stereocenters. The fourth-order valence-corrected chi connectivity index (χ4v) is 2.45. The number of hydrogen-bond acceptors (Lipinski definition) is 6. The van der Waals surface area contributed by atoms with Crippen LogP contribution in [-0.4, -0.2) is 22.9 Å². The summed E-state index contributed by atoms with van der Waals surface area (Å²) in [5.74, 6) is 0.00980. The van der Waals surface area contributed by atoms with Crippen LogP contribution in [0.2, 0.25) is 0 Å². The van der Waals surface area contributed by atoms with Gasteiger partial charge in [0.2, 0.25) is 5.88 Å². The number of benzene rings is 2. The Bertz CT molecular complexity index is 975. The number of aromatic nitrogens is 1. The molecule has 0 saturated carbocycles. The van der Waals surface area contributed by atoms with Gasteiger partial charge in [0.25, 0.3) is 5.91 Å². The number of pyridine rings is 1. The Kier molecular flexibility index (Phi) is 5.81. The quantitative estimate of drug-likeness (QED) is 0.494. The minimum Gasteiger partial charge on any atom is -0.490 e. The molecule has 0 saturated heterocycles. The molecule has 0 bridgehead atoms. The lowest BCUT2D eigenvalue weighted by atomic mass is 10.1. The van der Waals surface area contributed by atoms with Gasteiger partial charge in [-0.3, -0.25) is 14.9 Å². The molecule has 0 radical (unpaired) electrons. The number of carbonyl (C=O) groups excluding carboxylic acids is 1. The molecule has 0 aliphatic rings. The van der Waals surface area contributed by atoms with Gasteiger partial charge in [0.05, 0.1) is 23.9 Å². The van der Waals surface area contributed by atoms with E-state index in [1.54, 1.807) is 12.1 Å². The van der Waals surface area contributed by atoms with E-state index in [2.05, 4.69) is 10.3 Å². The molecule has 0 atom stereocenters. The molecule has 3 aromatic rings. The van der Waals surface area contributed by atoms with E-state index in [1.165, 1.54) is 31.5 Å². The maximum atomic E-state index is 12.4. The fourth-order valence-electron chi connectivity index (χ4n) is 2.45. The van der Waals surface area contributed by atoms with Crippen molar-refractivity contribution >= 4 is 17.3 Å². The molecule has 1 heterocycles. The lowest BCUT2D eigenvalue weighted by Gasteiger charge is -2.08. The Labute approximate surface area is 160 Å². The molecule has 0 aliphatic carbocycles. The smallest absolute Gasteiger partial charge is 0.311 e. The first-order valence-corrected chi connectivity index (χ1v) is 8.33. The zero-order valence-corrected chi connectivity index (χ0v) is 15.0. The molecule has 0 aliphatic heterocycles. The van der Waals surface area contributed by atoms with Gasteiger partial charge in [-0.05, 0) is 23.8 Å². The Morgan fingerprint density at radius 2 is 1.93 bits per heavy atom. The van der Waals surface area contributed by atoms with Crippen molar-refractivity contribution in [1.82, 2.24) is 4.98 Å². The summed E-state index contributed by atoms with van der Waals surface area (Å²) in [6.07, 6.45) is 1.45. The summed E-state index contributed by atoms with van der Waals surface area (Å²) in [5, 5.41) is 13.7. The summed E-state index contributed by atoms with van der Waals surface area (Å²) >= 11 is 0. The number of methoxy groups -OCH3 is 1. The van der Waals surface area contributed by atoms with Crippen LogP contribution in [0.5, 0.6) is 11.6 Å². The second kappa shape index (κ2) is 8.63. The van der Waals surface area contributed by atoms with Gasteiger partial charge in [-0.2, -0.15) is 0 Å². The van der Waals surface area contributed by atoms with E-state index in [0.29, 0.717) is 18.2 Å². The normalized spacial score (nSPS) is 10.2. The van der Waals surface area contributed by atoms with Crippen LogP contribution in [0.25, 0.3) is 0 Å². The highest BCUT2D eigenvalue weighted by atomic mass is 16.6. The van der Waals surface area contributed by atoms with Crippen LogP contribution in [0, 0.1) is 10.1 Å². The maximum Gasteiger partial charge on any atom is 0.311 e. The highest BCUT2D eigenvalue weighted by Crippen LogP contribution is 2.27. The number of carbonyl (C=O) groups is 1. The molecule has 3 rings (SSSR count). The SMILES string of the molecule is COc1ccc(C(=O)Nc2ccc(OCc3ccccc3)nc2)cc1[N+](=O)[O-]. The lowest BCUT2D eigenvalue weighted by Crippen LogP contribution is -2.12. The largest absolute Gasteiger partial charge is 0.490 e. The number of nitrogens with one attached hydrogen (secondary N) is 1. The van der Waals surface area contributed by atoms with Crippen LogP contribution in [0.3, 0.4) is 0 Å². The maximum absolute atomic E-state index is 12.4. The van der Waals surface area contributed by atoms with Crippen molar-refractivity contribution in [2.75, 3.05) is 12.4 Å². The number of rotatable bonds is 7. The molecule has 142 valence electrons. The molecular formula is C20H17N3O5. The molecule has 2 aromatic carbocycles. The number of nitro benzene ring substituents is 1. The van der Waals surface area contributed by atoms with Crippen molar-refractivity contribution in [3.8, 4) is 11.6 Å². The van der Waals surface area contributed by atoms with Gasteiger partial charge >= 0.3 is 5.69 Å². The van der Waals surface area contributed by atoms with Gasteiger partial charge in [0.15, 0.2) is 5.75 Å². The summed E-state index contributed by atoms with van der Waals surface area (Å²) in [6.45, 7) is 0.384. The van der Waals surface area contributed by atoms with E-state index in [1.807, 2.05) is 30.3 Å². The summed E-state index contributed by atoms with van der Waals surface area (Å²) in [4.78, 5) is 27.0. The van der Waals surface area contributed by atoms with Crippen molar-refractivity contribution in [3.05, 3.63) is 88.1 Å². The third kappa shape index (κ3) is 4.61. The van der Waals surface area contributed by atoms with Gasteiger partial charge in [0, 0.05) is 17.7 Å². The molecular weight excluding hydrogens is 362 g/mol. The summed E-state index contributed by atoms with van der Waals surface area (Å²) < 4.78 is 10.5. The van der Waals surface area contributed by atoms with E-state index in [-0.39, 0.29) is 17.0 Å². The predicted octanol–water partition coefficient (Wildman–Crippen LogP) is 3.83. The monoisotopic (exact) mass is 379 g/mol. The van der Waals surface area contributed by atoms with Crippen molar-refractivity contribution in [2.45, 2.75) is 6.61 Å². The van der Waals surface area contributed by atoms with Crippen LogP contribution in [0.15, 0.2) is 66.9 Å². The first-order chi connectivity index (χ1) is 13.6. The molecule has 0 fully saturated rings. The van der Waals surface area contributed by atoms with Crippen molar-refractivity contribution < 1.29 is 19.2 Å². The average Bonchev–Trinajstić information content (AvgIpc) is 2.73. The van der Waals surface area contributed by atoms with Crippen LogP contribution < -0.4 is 14.8 Å². The first kappa shape index (κ1) is 18.8. The number of anilines is 1. The van der Waals surface area contributed by atoms with Crippen LogP contribution in [0.4, 0.5) is 11.4 Å². The number of nitrogens with zero attached hydrogens (tertiary/aromatic N) is 2. The zero-order valence-electron chi connectivity index (χ0n) is 15.0. The van der Waals surface area contributed by atoms with Gasteiger partial charge < -0.3 is 14.8 Å². The molecule has 1 N–H and O–H groups in total. The number of amides is 1. The molecule has 28 heavy (non-hydrogen) atoms. The van der Waals surface area contributed by atoms with Gasteiger partial charge in [-0.1, -0.05) is 30.3 Å². The first-order valence-electron chi connectivity index (χ1n) is 8.33. The molecule has 1 aromatic heterocycles. The van der Waals surface area contributed by atoms with Crippen LogP contribution in [0.1, 0.15) is 15.9 Å². The predicted molar refractivity (Wildman–Crippen MR) is 103 cm³/mol. The van der Waals surface area contributed by atoms with Crippen molar-refractivity contribution in [2.24, 2.45) is 0 Å². The molecule has 1 amide bonds. The Hall–Kier alpha value is -3.94. The molecule has 0 spiro atoms. The number of hydrogen-bond donors (Lipinski definition) is 1. The fraction of sp³-hybridized carbons (Fsp3) is 0.100. The van der Waals surface area contributed by atoms with Crippen molar-refractivity contribution in [3.63, 3.8) is 0 Å². The van der Waals surface area contributed by atoms with Gasteiger partial charge in [-0.25, -0.2) is 4.98 Å². The van der Waals surface area contributed by atoms with E-state index < -0.39 is 10.8 Å². The van der Waals surface area contributed by atoms with Crippen LogP contribution in [-0.2, 0) is 6.61 Å². The van der Waals surface area contributed by atoms with E-state index in [9.17, 15) is 14.9 Å². The zero-order chi connectivity index (χ0) is 19.9. The number of ether oxygens (including phenoxy) is 2. The second-order valence-corrected chi connectivity index (χ2v) is 5.76. The summed E-state index contributed by atoms with van der Waals surface area (Å²) in [7, 11) is 1.33. The highest BCUT2D eigenvalue weighted by Gasteiger charge is 2.18. The topological polar surface area (TPSA) is 104 Å². The third-order valence-corrected chi connectivity index (χ3v) is 3.86. The number of nitro groups is 1. The highest BCUT2D eigenvalue weighted by molar-refractivity contribution is 6.04. The summed E-state index contributed by atoms with van der Waals surface area (Å²) in [6, 6.07) is 16.9. The van der Waals surface area contributed by atoms with Crippen molar-refractivity contribution in [1.29, 1.82) is 0 Å². The van der Waals surface area contributed by atoms with Crippen LogP contribution >= 0.6 is 0 Å². The Morgan fingerprint density at radius 1 is 1.14 bits per heavy atom. The third-order valence-electron chi connectivity index (χ3n) is 3.86. The average molecular weight is 379 g/mol. The standard InChI is InChI=1S/C20H17N3O5/c1-27-18-9-7-15(11-17(18)23(25)26)20(24)22-16-8-10-19(21-12-16)28-13-14-5-3-2-4-6-14/h2-12H,13H2,1H3,(H,22,24). The van der Waals surface area contributed by atoms with Gasteiger partial charge in [-0.15, -0.1) is 0 Å². The molecule has 8 nitrogen and oxygen atoms in total. The Morgan fingerprint density at radius 3 is 2.57 bits per heavy atom.